The van der Waals surface area contributed by atoms with Gasteiger partial charge in [0, 0.05) is 17.1 Å². The Kier molecular flexibility index (Phi) is 2.38. The Hall–Kier alpha value is -1.15. The maximum absolute atomic E-state index is 6.06. The van der Waals surface area contributed by atoms with Crippen LogP contribution in [0.5, 0.6) is 5.75 Å². The molecule has 0 atom stereocenters. The lowest BCUT2D eigenvalue weighted by Gasteiger charge is -2.11. The van der Waals surface area contributed by atoms with E-state index in [2.05, 4.69) is 4.98 Å². The molecule has 0 aliphatic carbocycles. The molecule has 0 aliphatic rings. The minimum Gasteiger partial charge on any atom is -0.489 e. The van der Waals surface area contributed by atoms with Gasteiger partial charge in [0.1, 0.15) is 5.75 Å². The van der Waals surface area contributed by atoms with Gasteiger partial charge < -0.3 is 9.72 Å². The predicted octanol–water partition coefficient (Wildman–Crippen LogP) is 3.61. The highest BCUT2D eigenvalue weighted by atomic mass is 35.5. The number of hydrogen-bond acceptors (Lipinski definition) is 1. The van der Waals surface area contributed by atoms with E-state index in [-0.39, 0.29) is 6.10 Å². The number of rotatable bonds is 2. The van der Waals surface area contributed by atoms with Crippen LogP contribution in [0.1, 0.15) is 13.8 Å². The summed E-state index contributed by atoms with van der Waals surface area (Å²) in [6.45, 7) is 3.97. The summed E-state index contributed by atoms with van der Waals surface area (Å²) in [6, 6.07) is 5.83. The van der Waals surface area contributed by atoms with Crippen molar-refractivity contribution >= 4 is 22.5 Å². The van der Waals surface area contributed by atoms with E-state index >= 15 is 0 Å². The van der Waals surface area contributed by atoms with Gasteiger partial charge in [-0.3, -0.25) is 0 Å². The van der Waals surface area contributed by atoms with Crippen LogP contribution in [0.3, 0.4) is 0 Å². The number of aromatic nitrogens is 1. The van der Waals surface area contributed by atoms with E-state index in [0.717, 1.165) is 16.7 Å². The van der Waals surface area contributed by atoms with Gasteiger partial charge in [-0.25, -0.2) is 0 Å². The van der Waals surface area contributed by atoms with Crippen LogP contribution >= 0.6 is 11.6 Å². The average molecular weight is 210 g/mol. The molecule has 0 spiro atoms. The van der Waals surface area contributed by atoms with E-state index in [9.17, 15) is 0 Å². The van der Waals surface area contributed by atoms with Crippen LogP contribution in [-0.4, -0.2) is 11.1 Å². The second-order valence-corrected chi connectivity index (χ2v) is 3.92. The summed E-state index contributed by atoms with van der Waals surface area (Å²) in [5.41, 5.74) is 1.03. The molecule has 1 aromatic heterocycles. The van der Waals surface area contributed by atoms with Crippen molar-refractivity contribution in [1.29, 1.82) is 0 Å². The lowest BCUT2D eigenvalue weighted by molar-refractivity contribution is 0.243. The van der Waals surface area contributed by atoms with Crippen LogP contribution in [0.4, 0.5) is 0 Å². The maximum Gasteiger partial charge on any atom is 0.139 e. The molecule has 2 rings (SSSR count). The fourth-order valence-corrected chi connectivity index (χ4v) is 1.61. The summed E-state index contributed by atoms with van der Waals surface area (Å²) in [6.07, 6.45) is 2.03. The molecule has 0 radical (unpaired) electrons. The molecule has 0 fully saturated rings. The molecular weight excluding hydrogens is 198 g/mol. The normalized spacial score (nSPS) is 11.1. The highest BCUT2D eigenvalue weighted by Gasteiger charge is 2.06. The van der Waals surface area contributed by atoms with Crippen molar-refractivity contribution in [2.24, 2.45) is 0 Å². The van der Waals surface area contributed by atoms with Crippen LogP contribution in [0.15, 0.2) is 24.4 Å². The number of nitrogens with one attached hydrogen (secondary N) is 1. The molecule has 2 aromatic rings. The van der Waals surface area contributed by atoms with E-state index in [1.54, 1.807) is 0 Å². The van der Waals surface area contributed by atoms with Gasteiger partial charge in [-0.05, 0) is 32.0 Å². The number of fused-ring (bicyclic) bond motifs is 1. The first kappa shape index (κ1) is 9.41. The van der Waals surface area contributed by atoms with Gasteiger partial charge in [0.15, 0.2) is 0 Å². The maximum atomic E-state index is 6.06. The summed E-state index contributed by atoms with van der Waals surface area (Å²) in [5.74, 6) is 0.744. The van der Waals surface area contributed by atoms with Crippen molar-refractivity contribution in [3.63, 3.8) is 0 Å². The largest absolute Gasteiger partial charge is 0.489 e. The summed E-state index contributed by atoms with van der Waals surface area (Å²) >= 11 is 6.06. The highest BCUT2D eigenvalue weighted by molar-refractivity contribution is 6.32. The van der Waals surface area contributed by atoms with E-state index in [4.69, 9.17) is 16.3 Å². The number of hydrogen-bond donors (Lipinski definition) is 1. The fourth-order valence-electron chi connectivity index (χ4n) is 1.40. The first-order valence-electron chi connectivity index (χ1n) is 4.60. The molecule has 3 heteroatoms. The second-order valence-electron chi connectivity index (χ2n) is 3.51. The van der Waals surface area contributed by atoms with Crippen molar-refractivity contribution < 1.29 is 4.74 Å². The molecule has 0 unspecified atom stereocenters. The number of benzene rings is 1. The number of aromatic amines is 1. The zero-order valence-electron chi connectivity index (χ0n) is 8.17. The van der Waals surface area contributed by atoms with Crippen LogP contribution in [0.25, 0.3) is 10.9 Å². The monoisotopic (exact) mass is 209 g/mol. The standard InChI is InChI=1S/C11H12ClNO/c1-7(2)14-11-5-8-3-4-13-10(8)6-9(11)12/h3-7,13H,1-2H3. The second kappa shape index (κ2) is 3.54. The lowest BCUT2D eigenvalue weighted by Crippen LogP contribution is -2.05. The van der Waals surface area contributed by atoms with E-state index in [1.165, 1.54) is 0 Å². The Morgan fingerprint density at radius 3 is 2.86 bits per heavy atom. The number of ether oxygens (including phenoxy) is 1. The molecule has 0 saturated heterocycles. The summed E-state index contributed by atoms with van der Waals surface area (Å²) < 4.78 is 5.58. The zero-order valence-corrected chi connectivity index (χ0v) is 8.93. The molecule has 1 N–H and O–H groups in total. The number of H-pyrrole nitrogens is 1. The smallest absolute Gasteiger partial charge is 0.139 e. The topological polar surface area (TPSA) is 25.0 Å². The molecule has 1 heterocycles. The molecule has 0 aliphatic heterocycles. The third kappa shape index (κ3) is 1.70. The Balaban J connectivity index is 2.48. The minimum absolute atomic E-state index is 0.142. The minimum atomic E-state index is 0.142. The van der Waals surface area contributed by atoms with Gasteiger partial charge >= 0.3 is 0 Å². The summed E-state index contributed by atoms with van der Waals surface area (Å²) in [5, 5.41) is 1.76. The van der Waals surface area contributed by atoms with E-state index in [1.807, 2.05) is 38.2 Å². The Morgan fingerprint density at radius 2 is 2.14 bits per heavy atom. The van der Waals surface area contributed by atoms with Gasteiger partial charge in [-0.15, -0.1) is 0 Å². The van der Waals surface area contributed by atoms with Crippen LogP contribution in [-0.2, 0) is 0 Å². The van der Waals surface area contributed by atoms with Crippen LogP contribution in [0, 0.1) is 0 Å². The van der Waals surface area contributed by atoms with Crippen molar-refractivity contribution in [1.82, 2.24) is 4.98 Å². The molecule has 74 valence electrons. The zero-order chi connectivity index (χ0) is 10.1. The summed E-state index contributed by atoms with van der Waals surface area (Å²) in [4.78, 5) is 3.10. The fraction of sp³-hybridized carbons (Fsp3) is 0.273. The summed E-state index contributed by atoms with van der Waals surface area (Å²) in [7, 11) is 0. The highest BCUT2D eigenvalue weighted by Crippen LogP contribution is 2.30. The van der Waals surface area contributed by atoms with Crippen molar-refractivity contribution in [2.45, 2.75) is 20.0 Å². The lowest BCUT2D eigenvalue weighted by atomic mass is 10.2. The molecule has 2 nitrogen and oxygen atoms in total. The Bertz CT molecular complexity index is 447. The molecular formula is C11H12ClNO. The molecule has 1 aromatic carbocycles. The Morgan fingerprint density at radius 1 is 1.36 bits per heavy atom. The molecule has 0 amide bonds. The van der Waals surface area contributed by atoms with Gasteiger partial charge in [-0.1, -0.05) is 11.6 Å². The van der Waals surface area contributed by atoms with E-state index < -0.39 is 0 Å². The SMILES string of the molecule is CC(C)Oc1cc2cc[nH]c2cc1Cl. The molecule has 14 heavy (non-hydrogen) atoms. The van der Waals surface area contributed by atoms with Gasteiger partial charge in [0.2, 0.25) is 0 Å². The quantitative estimate of drug-likeness (QED) is 0.803. The molecule has 0 bridgehead atoms. The Labute approximate surface area is 87.8 Å². The van der Waals surface area contributed by atoms with E-state index in [0.29, 0.717) is 5.02 Å². The first-order chi connectivity index (χ1) is 6.66. The third-order valence-corrected chi connectivity index (χ3v) is 2.26. The van der Waals surface area contributed by atoms with Crippen molar-refractivity contribution in [3.8, 4) is 5.75 Å². The van der Waals surface area contributed by atoms with Crippen molar-refractivity contribution in [2.75, 3.05) is 0 Å². The first-order valence-corrected chi connectivity index (χ1v) is 4.98. The van der Waals surface area contributed by atoms with Gasteiger partial charge in [-0.2, -0.15) is 0 Å². The average Bonchev–Trinajstić information content (AvgIpc) is 2.51. The number of halogens is 1. The van der Waals surface area contributed by atoms with Crippen molar-refractivity contribution in [3.05, 3.63) is 29.4 Å². The molecule has 0 saturated carbocycles. The van der Waals surface area contributed by atoms with Gasteiger partial charge in [0.05, 0.1) is 11.1 Å². The van der Waals surface area contributed by atoms with Crippen LogP contribution in [0.2, 0.25) is 5.02 Å². The van der Waals surface area contributed by atoms with Gasteiger partial charge in [0.25, 0.3) is 0 Å². The predicted molar refractivity (Wildman–Crippen MR) is 59.1 cm³/mol. The third-order valence-electron chi connectivity index (χ3n) is 1.97. The van der Waals surface area contributed by atoms with Crippen LogP contribution < -0.4 is 4.74 Å².